The molecule has 0 saturated heterocycles. The molecule has 2 aliphatic carbocycles. The van der Waals surface area contributed by atoms with Gasteiger partial charge in [-0.2, -0.15) is 0 Å². The molecule has 0 atom stereocenters. The van der Waals surface area contributed by atoms with E-state index in [0.29, 0.717) is 0 Å². The molecule has 0 aromatic heterocycles. The minimum atomic E-state index is 0.731. The van der Waals surface area contributed by atoms with Crippen molar-refractivity contribution in [3.05, 3.63) is 0 Å². The SMILES string of the molecule is CC1C2(C)CCC1(C)CC2. The van der Waals surface area contributed by atoms with Gasteiger partial charge in [-0.1, -0.05) is 20.8 Å². The molecule has 0 heterocycles. The highest BCUT2D eigenvalue weighted by Crippen LogP contribution is 2.64. The molecule has 10 heavy (non-hydrogen) atoms. The topological polar surface area (TPSA) is 0 Å². The highest BCUT2D eigenvalue weighted by molar-refractivity contribution is 5.04. The normalized spacial score (nSPS) is 59.7. The standard InChI is InChI=1S/C10H18/c1-8-9(2)4-6-10(8,3)7-5-9/h8H,4-7H2,1-3H3. The molecular weight excluding hydrogens is 120 g/mol. The van der Waals surface area contributed by atoms with Crippen LogP contribution >= 0.6 is 0 Å². The van der Waals surface area contributed by atoms with E-state index in [9.17, 15) is 0 Å². The lowest BCUT2D eigenvalue weighted by Crippen LogP contribution is -2.18. The van der Waals surface area contributed by atoms with E-state index in [1.807, 2.05) is 0 Å². The van der Waals surface area contributed by atoms with Crippen LogP contribution in [0.4, 0.5) is 0 Å². The van der Waals surface area contributed by atoms with Gasteiger partial charge < -0.3 is 0 Å². The van der Waals surface area contributed by atoms with E-state index in [2.05, 4.69) is 20.8 Å². The molecule has 0 amide bonds. The Balaban J connectivity index is 2.34. The van der Waals surface area contributed by atoms with Crippen LogP contribution in [0.2, 0.25) is 0 Å². The summed E-state index contributed by atoms with van der Waals surface area (Å²) in [5, 5.41) is 0. The van der Waals surface area contributed by atoms with Crippen LogP contribution in [0, 0.1) is 16.7 Å². The van der Waals surface area contributed by atoms with Gasteiger partial charge in [0.2, 0.25) is 0 Å². The summed E-state index contributed by atoms with van der Waals surface area (Å²) < 4.78 is 0. The van der Waals surface area contributed by atoms with E-state index in [1.165, 1.54) is 25.7 Å². The Morgan fingerprint density at radius 1 is 0.900 bits per heavy atom. The van der Waals surface area contributed by atoms with Gasteiger partial charge >= 0.3 is 0 Å². The second kappa shape index (κ2) is 1.60. The molecule has 2 saturated carbocycles. The first-order chi connectivity index (χ1) is 4.57. The number of rotatable bonds is 0. The van der Waals surface area contributed by atoms with Crippen molar-refractivity contribution in [2.45, 2.75) is 46.5 Å². The van der Waals surface area contributed by atoms with Gasteiger partial charge in [-0.05, 0) is 42.4 Å². The van der Waals surface area contributed by atoms with Crippen molar-refractivity contribution in [3.8, 4) is 0 Å². The van der Waals surface area contributed by atoms with Crippen molar-refractivity contribution in [1.82, 2.24) is 0 Å². The van der Waals surface area contributed by atoms with Crippen molar-refractivity contribution in [3.63, 3.8) is 0 Å². The van der Waals surface area contributed by atoms with Crippen molar-refractivity contribution in [2.24, 2.45) is 16.7 Å². The summed E-state index contributed by atoms with van der Waals surface area (Å²) >= 11 is 0. The maximum Gasteiger partial charge on any atom is -0.0295 e. The van der Waals surface area contributed by atoms with Crippen molar-refractivity contribution >= 4 is 0 Å². The van der Waals surface area contributed by atoms with E-state index in [4.69, 9.17) is 0 Å². The third kappa shape index (κ3) is 0.580. The van der Waals surface area contributed by atoms with Gasteiger partial charge in [0.15, 0.2) is 0 Å². The Morgan fingerprint density at radius 2 is 1.20 bits per heavy atom. The molecule has 2 rings (SSSR count). The Labute approximate surface area is 64.0 Å². The molecule has 58 valence electrons. The van der Waals surface area contributed by atoms with Crippen LogP contribution < -0.4 is 0 Å². The number of fused-ring (bicyclic) bond motifs is 2. The molecule has 0 aromatic rings. The lowest BCUT2D eigenvalue weighted by molar-refractivity contribution is 0.240. The molecule has 0 nitrogen and oxygen atoms in total. The molecule has 2 aliphatic rings. The minimum absolute atomic E-state index is 0.731. The lowest BCUT2D eigenvalue weighted by Gasteiger charge is -2.25. The van der Waals surface area contributed by atoms with Gasteiger partial charge in [0.05, 0.1) is 0 Å². The third-order valence-corrected chi connectivity index (χ3v) is 4.63. The van der Waals surface area contributed by atoms with E-state index < -0.39 is 0 Å². The third-order valence-electron chi connectivity index (χ3n) is 4.63. The van der Waals surface area contributed by atoms with Crippen LogP contribution in [0.3, 0.4) is 0 Å². The zero-order valence-electron chi connectivity index (χ0n) is 7.41. The highest BCUT2D eigenvalue weighted by atomic mass is 14.6. The van der Waals surface area contributed by atoms with Crippen molar-refractivity contribution < 1.29 is 0 Å². The molecule has 2 fully saturated rings. The molecule has 0 spiro atoms. The summed E-state index contributed by atoms with van der Waals surface area (Å²) in [6.45, 7) is 7.42. The first-order valence-corrected chi connectivity index (χ1v) is 4.57. The van der Waals surface area contributed by atoms with Crippen LogP contribution in [0.5, 0.6) is 0 Å². The van der Waals surface area contributed by atoms with Crippen LogP contribution in [0.15, 0.2) is 0 Å². The van der Waals surface area contributed by atoms with Gasteiger partial charge in [-0.25, -0.2) is 0 Å². The van der Waals surface area contributed by atoms with Crippen LogP contribution in [-0.2, 0) is 0 Å². The molecule has 2 bridgehead atoms. The maximum absolute atomic E-state index is 2.48. The fourth-order valence-electron chi connectivity index (χ4n) is 3.10. The molecule has 0 aliphatic heterocycles. The van der Waals surface area contributed by atoms with Crippen molar-refractivity contribution in [2.75, 3.05) is 0 Å². The molecule has 0 heteroatoms. The summed E-state index contributed by atoms with van der Waals surface area (Å²) in [5.41, 5.74) is 1.46. The van der Waals surface area contributed by atoms with E-state index in [1.54, 1.807) is 0 Å². The Bertz CT molecular complexity index is 131. The van der Waals surface area contributed by atoms with Gasteiger partial charge in [0, 0.05) is 0 Å². The largest absolute Gasteiger partial charge is 0.0615 e. The van der Waals surface area contributed by atoms with Gasteiger partial charge in [-0.15, -0.1) is 0 Å². The lowest BCUT2D eigenvalue weighted by atomic mass is 9.80. The molecular formula is C10H18. The zero-order valence-corrected chi connectivity index (χ0v) is 7.41. The number of hydrogen-bond acceptors (Lipinski definition) is 0. The Morgan fingerprint density at radius 3 is 1.30 bits per heavy atom. The zero-order chi connectivity index (χ0) is 7.41. The molecule has 0 unspecified atom stereocenters. The van der Waals surface area contributed by atoms with Crippen LogP contribution in [0.25, 0.3) is 0 Å². The summed E-state index contributed by atoms with van der Waals surface area (Å²) in [7, 11) is 0. The quantitative estimate of drug-likeness (QED) is 0.482. The Hall–Kier alpha value is 0. The fourth-order valence-corrected chi connectivity index (χ4v) is 3.10. The average molecular weight is 138 g/mol. The van der Waals surface area contributed by atoms with E-state index in [0.717, 1.165) is 16.7 Å². The van der Waals surface area contributed by atoms with Gasteiger partial charge in [0.25, 0.3) is 0 Å². The second-order valence-corrected chi connectivity index (χ2v) is 5.03. The summed E-state index contributed by atoms with van der Waals surface area (Å²) in [6, 6.07) is 0. The fraction of sp³-hybridized carbons (Fsp3) is 1.00. The molecule has 0 aromatic carbocycles. The van der Waals surface area contributed by atoms with Crippen molar-refractivity contribution in [1.29, 1.82) is 0 Å². The van der Waals surface area contributed by atoms with Gasteiger partial charge in [0.1, 0.15) is 0 Å². The summed E-state index contributed by atoms with van der Waals surface area (Å²) in [5.74, 6) is 0.986. The second-order valence-electron chi connectivity index (χ2n) is 5.03. The molecule has 0 radical (unpaired) electrons. The molecule has 0 N–H and O–H groups in total. The average Bonchev–Trinajstić information content (AvgIpc) is 2.24. The summed E-state index contributed by atoms with van der Waals surface area (Å²) in [6.07, 6.45) is 5.96. The maximum atomic E-state index is 2.48. The monoisotopic (exact) mass is 138 g/mol. The van der Waals surface area contributed by atoms with Crippen LogP contribution in [-0.4, -0.2) is 0 Å². The van der Waals surface area contributed by atoms with E-state index >= 15 is 0 Å². The van der Waals surface area contributed by atoms with Gasteiger partial charge in [-0.3, -0.25) is 0 Å². The number of hydrogen-bond donors (Lipinski definition) is 0. The first kappa shape index (κ1) is 6.69. The minimum Gasteiger partial charge on any atom is -0.0615 e. The predicted octanol–water partition coefficient (Wildman–Crippen LogP) is 3.22. The highest BCUT2D eigenvalue weighted by Gasteiger charge is 2.54. The summed E-state index contributed by atoms with van der Waals surface area (Å²) in [4.78, 5) is 0. The first-order valence-electron chi connectivity index (χ1n) is 4.57. The predicted molar refractivity (Wildman–Crippen MR) is 43.8 cm³/mol. The van der Waals surface area contributed by atoms with E-state index in [-0.39, 0.29) is 0 Å². The Kier molecular flexibility index (Phi) is 1.07. The van der Waals surface area contributed by atoms with Crippen LogP contribution in [0.1, 0.15) is 46.5 Å². The smallest absolute Gasteiger partial charge is 0.0295 e.